The second-order valence-corrected chi connectivity index (χ2v) is 5.94. The van der Waals surface area contributed by atoms with Crippen LogP contribution in [0, 0.1) is 13.8 Å². The highest BCUT2D eigenvalue weighted by Gasteiger charge is 2.15. The van der Waals surface area contributed by atoms with Crippen molar-refractivity contribution < 1.29 is 14.3 Å². The molecule has 0 aliphatic carbocycles. The Bertz CT molecular complexity index is 703. The number of benzene rings is 2. The van der Waals surface area contributed by atoms with Crippen LogP contribution in [-0.2, 0) is 4.79 Å². The lowest BCUT2D eigenvalue weighted by atomic mass is 10.1. The van der Waals surface area contributed by atoms with Crippen molar-refractivity contribution in [3.8, 4) is 11.5 Å². The third-order valence-corrected chi connectivity index (χ3v) is 4.04. The number of carbonyl (C=O) groups is 1. The number of ether oxygens (including phenoxy) is 2. The van der Waals surface area contributed by atoms with E-state index in [0.29, 0.717) is 23.9 Å². The van der Waals surface area contributed by atoms with E-state index in [4.69, 9.17) is 21.1 Å². The molecule has 0 spiro atoms. The Morgan fingerprint density at radius 1 is 1.12 bits per heavy atom. The molecule has 0 saturated heterocycles. The van der Waals surface area contributed by atoms with Crippen molar-refractivity contribution in [2.24, 2.45) is 0 Å². The van der Waals surface area contributed by atoms with Gasteiger partial charge in [-0.1, -0.05) is 35.9 Å². The second kappa shape index (κ2) is 8.60. The Morgan fingerprint density at radius 3 is 2.58 bits per heavy atom. The van der Waals surface area contributed by atoms with Gasteiger partial charge in [-0.25, -0.2) is 0 Å². The smallest absolute Gasteiger partial charge is 0.260 e. The Balaban J connectivity index is 1.78. The number of nitrogens with one attached hydrogen (secondary N) is 1. The maximum atomic E-state index is 12.1. The van der Waals surface area contributed by atoms with Gasteiger partial charge in [0.05, 0.1) is 11.6 Å². The minimum Gasteiger partial charge on any atom is -0.490 e. The standard InChI is InChI=1S/C19H22ClNO3/c1-13-7-6-10-17(14(13)2)24-15(3)19(22)21-11-12-23-18-9-5-4-8-16(18)20/h4-10,15H,11-12H2,1-3H3,(H,21,22). The largest absolute Gasteiger partial charge is 0.490 e. The van der Waals surface area contributed by atoms with E-state index < -0.39 is 6.10 Å². The Labute approximate surface area is 147 Å². The highest BCUT2D eigenvalue weighted by Crippen LogP contribution is 2.23. The van der Waals surface area contributed by atoms with Gasteiger partial charge in [0, 0.05) is 0 Å². The van der Waals surface area contributed by atoms with E-state index in [1.807, 2.05) is 44.2 Å². The van der Waals surface area contributed by atoms with Crippen LogP contribution in [0.4, 0.5) is 0 Å². The minimum atomic E-state index is -0.578. The van der Waals surface area contributed by atoms with Crippen LogP contribution < -0.4 is 14.8 Å². The van der Waals surface area contributed by atoms with Crippen LogP contribution in [-0.4, -0.2) is 25.2 Å². The number of rotatable bonds is 7. The van der Waals surface area contributed by atoms with Crippen molar-refractivity contribution in [1.29, 1.82) is 0 Å². The number of aryl methyl sites for hydroxylation is 1. The zero-order chi connectivity index (χ0) is 17.5. The molecule has 0 fully saturated rings. The van der Waals surface area contributed by atoms with E-state index in [1.165, 1.54) is 0 Å². The van der Waals surface area contributed by atoms with E-state index in [0.717, 1.165) is 16.9 Å². The molecule has 2 aromatic rings. The van der Waals surface area contributed by atoms with Crippen molar-refractivity contribution >= 4 is 17.5 Å². The van der Waals surface area contributed by atoms with Crippen molar-refractivity contribution in [1.82, 2.24) is 5.32 Å². The monoisotopic (exact) mass is 347 g/mol. The molecule has 0 heterocycles. The van der Waals surface area contributed by atoms with Crippen LogP contribution in [0.1, 0.15) is 18.1 Å². The van der Waals surface area contributed by atoms with Gasteiger partial charge in [0.25, 0.3) is 5.91 Å². The minimum absolute atomic E-state index is 0.182. The first-order valence-electron chi connectivity index (χ1n) is 7.87. The highest BCUT2D eigenvalue weighted by atomic mass is 35.5. The lowest BCUT2D eigenvalue weighted by Crippen LogP contribution is -2.38. The summed E-state index contributed by atoms with van der Waals surface area (Å²) in [6.07, 6.45) is -0.578. The number of hydrogen-bond acceptors (Lipinski definition) is 3. The van der Waals surface area contributed by atoms with Gasteiger partial charge in [-0.2, -0.15) is 0 Å². The van der Waals surface area contributed by atoms with Gasteiger partial charge in [-0.15, -0.1) is 0 Å². The van der Waals surface area contributed by atoms with Crippen molar-refractivity contribution in [2.45, 2.75) is 26.9 Å². The van der Waals surface area contributed by atoms with Gasteiger partial charge in [0.1, 0.15) is 18.1 Å². The normalized spacial score (nSPS) is 11.7. The molecule has 0 bridgehead atoms. The number of amides is 1. The van der Waals surface area contributed by atoms with Gasteiger partial charge in [-0.3, -0.25) is 4.79 Å². The topological polar surface area (TPSA) is 47.6 Å². The molecule has 0 aliphatic heterocycles. The summed E-state index contributed by atoms with van der Waals surface area (Å²) < 4.78 is 11.3. The molecule has 0 aliphatic rings. The molecule has 1 unspecified atom stereocenters. The molecular weight excluding hydrogens is 326 g/mol. The summed E-state index contributed by atoms with van der Waals surface area (Å²) in [6, 6.07) is 13.0. The average Bonchev–Trinajstić information content (AvgIpc) is 2.57. The van der Waals surface area contributed by atoms with Crippen LogP contribution in [0.2, 0.25) is 5.02 Å². The van der Waals surface area contributed by atoms with Crippen LogP contribution in [0.5, 0.6) is 11.5 Å². The molecule has 2 aromatic carbocycles. The Hall–Kier alpha value is -2.20. The van der Waals surface area contributed by atoms with Crippen LogP contribution >= 0.6 is 11.6 Å². The molecule has 0 saturated carbocycles. The molecule has 5 heteroatoms. The van der Waals surface area contributed by atoms with E-state index in [-0.39, 0.29) is 5.91 Å². The summed E-state index contributed by atoms with van der Waals surface area (Å²) in [7, 11) is 0. The summed E-state index contributed by atoms with van der Waals surface area (Å²) >= 11 is 6.00. The summed E-state index contributed by atoms with van der Waals surface area (Å²) in [6.45, 7) is 6.44. The first kappa shape index (κ1) is 18.1. The lowest BCUT2D eigenvalue weighted by molar-refractivity contribution is -0.127. The number of carbonyl (C=O) groups excluding carboxylic acids is 1. The van der Waals surface area contributed by atoms with Gasteiger partial charge >= 0.3 is 0 Å². The van der Waals surface area contributed by atoms with E-state index in [9.17, 15) is 4.79 Å². The zero-order valence-corrected chi connectivity index (χ0v) is 14.9. The molecule has 0 radical (unpaired) electrons. The maximum Gasteiger partial charge on any atom is 0.260 e. The SMILES string of the molecule is Cc1cccc(OC(C)C(=O)NCCOc2ccccc2Cl)c1C. The zero-order valence-electron chi connectivity index (χ0n) is 14.1. The molecule has 1 atom stereocenters. The van der Waals surface area contributed by atoms with Crippen LogP contribution in [0.15, 0.2) is 42.5 Å². The molecule has 24 heavy (non-hydrogen) atoms. The predicted octanol–water partition coefficient (Wildman–Crippen LogP) is 3.92. The average molecular weight is 348 g/mol. The number of hydrogen-bond donors (Lipinski definition) is 1. The van der Waals surface area contributed by atoms with Gasteiger partial charge in [0.15, 0.2) is 6.10 Å². The predicted molar refractivity (Wildman–Crippen MR) is 96.0 cm³/mol. The third-order valence-electron chi connectivity index (χ3n) is 3.72. The van der Waals surface area contributed by atoms with Crippen LogP contribution in [0.25, 0.3) is 0 Å². The van der Waals surface area contributed by atoms with E-state index >= 15 is 0 Å². The molecule has 2 rings (SSSR count). The van der Waals surface area contributed by atoms with E-state index in [2.05, 4.69) is 5.32 Å². The second-order valence-electron chi connectivity index (χ2n) is 5.53. The Kier molecular flexibility index (Phi) is 6.50. The highest BCUT2D eigenvalue weighted by molar-refractivity contribution is 6.32. The molecular formula is C19H22ClNO3. The van der Waals surface area contributed by atoms with Gasteiger partial charge in [0.2, 0.25) is 0 Å². The molecule has 1 N–H and O–H groups in total. The van der Waals surface area contributed by atoms with Gasteiger partial charge < -0.3 is 14.8 Å². The molecule has 4 nitrogen and oxygen atoms in total. The molecule has 1 amide bonds. The van der Waals surface area contributed by atoms with E-state index in [1.54, 1.807) is 19.1 Å². The maximum absolute atomic E-state index is 12.1. The summed E-state index contributed by atoms with van der Waals surface area (Å²) in [5, 5.41) is 3.35. The third kappa shape index (κ3) is 4.90. The lowest BCUT2D eigenvalue weighted by Gasteiger charge is -2.17. The summed E-state index contributed by atoms with van der Waals surface area (Å²) in [5.41, 5.74) is 2.17. The fourth-order valence-electron chi connectivity index (χ4n) is 2.14. The van der Waals surface area contributed by atoms with Crippen molar-refractivity contribution in [3.05, 3.63) is 58.6 Å². The van der Waals surface area contributed by atoms with Gasteiger partial charge in [-0.05, 0) is 50.1 Å². The Morgan fingerprint density at radius 2 is 1.83 bits per heavy atom. The fourth-order valence-corrected chi connectivity index (χ4v) is 2.33. The molecule has 0 aromatic heterocycles. The number of halogens is 1. The number of para-hydroxylation sites is 1. The summed E-state index contributed by atoms with van der Waals surface area (Å²) in [4.78, 5) is 12.1. The van der Waals surface area contributed by atoms with Crippen molar-refractivity contribution in [2.75, 3.05) is 13.2 Å². The van der Waals surface area contributed by atoms with Crippen molar-refractivity contribution in [3.63, 3.8) is 0 Å². The summed E-state index contributed by atoms with van der Waals surface area (Å²) in [5.74, 6) is 1.15. The fraction of sp³-hybridized carbons (Fsp3) is 0.316. The first-order valence-corrected chi connectivity index (χ1v) is 8.24. The van der Waals surface area contributed by atoms with Crippen LogP contribution in [0.3, 0.4) is 0 Å². The first-order chi connectivity index (χ1) is 11.5. The quantitative estimate of drug-likeness (QED) is 0.772. The molecule has 128 valence electrons.